The van der Waals surface area contributed by atoms with E-state index in [1.54, 1.807) is 0 Å². The first-order valence-electron chi connectivity index (χ1n) is 6.15. The molecular formula is C12H23ClN2O. The Balaban J connectivity index is 0.00000128. The predicted molar refractivity (Wildman–Crippen MR) is 67.9 cm³/mol. The van der Waals surface area contributed by atoms with Crippen molar-refractivity contribution in [3.8, 4) is 0 Å². The van der Waals surface area contributed by atoms with Crippen LogP contribution in [0.4, 0.5) is 0 Å². The van der Waals surface area contributed by atoms with Crippen LogP contribution in [0.5, 0.6) is 0 Å². The first-order valence-corrected chi connectivity index (χ1v) is 6.15. The maximum atomic E-state index is 12.4. The Labute approximate surface area is 104 Å². The van der Waals surface area contributed by atoms with E-state index < -0.39 is 0 Å². The molecule has 3 nitrogen and oxygen atoms in total. The Kier molecular flexibility index (Phi) is 4.62. The van der Waals surface area contributed by atoms with E-state index in [1.165, 1.54) is 12.8 Å². The summed E-state index contributed by atoms with van der Waals surface area (Å²) in [5.74, 6) is 0.397. The van der Waals surface area contributed by atoms with Gasteiger partial charge in [-0.15, -0.1) is 12.4 Å². The van der Waals surface area contributed by atoms with Gasteiger partial charge in [0.15, 0.2) is 0 Å². The van der Waals surface area contributed by atoms with Crippen LogP contribution < -0.4 is 5.32 Å². The zero-order valence-corrected chi connectivity index (χ0v) is 11.1. The van der Waals surface area contributed by atoms with E-state index in [0.29, 0.717) is 11.9 Å². The van der Waals surface area contributed by atoms with Crippen molar-refractivity contribution in [2.75, 3.05) is 19.6 Å². The molecule has 1 aliphatic heterocycles. The van der Waals surface area contributed by atoms with Crippen LogP contribution in [0.15, 0.2) is 0 Å². The fourth-order valence-electron chi connectivity index (χ4n) is 2.87. The van der Waals surface area contributed by atoms with E-state index in [4.69, 9.17) is 0 Å². The summed E-state index contributed by atoms with van der Waals surface area (Å²) < 4.78 is 0. The number of piperazine rings is 1. The summed E-state index contributed by atoms with van der Waals surface area (Å²) in [4.78, 5) is 14.4. The van der Waals surface area contributed by atoms with Crippen LogP contribution in [0.3, 0.4) is 0 Å². The molecule has 0 aromatic heterocycles. The van der Waals surface area contributed by atoms with Crippen molar-refractivity contribution in [3.63, 3.8) is 0 Å². The topological polar surface area (TPSA) is 32.3 Å². The van der Waals surface area contributed by atoms with Gasteiger partial charge in [0.25, 0.3) is 0 Å². The molecule has 4 heteroatoms. The number of hydrogen-bond donors (Lipinski definition) is 1. The van der Waals surface area contributed by atoms with Crippen LogP contribution in [-0.4, -0.2) is 36.5 Å². The van der Waals surface area contributed by atoms with Crippen LogP contribution in [0.1, 0.15) is 39.5 Å². The number of nitrogens with zero attached hydrogens (tertiary/aromatic N) is 1. The van der Waals surface area contributed by atoms with Gasteiger partial charge >= 0.3 is 0 Å². The van der Waals surface area contributed by atoms with Crippen molar-refractivity contribution in [1.82, 2.24) is 10.2 Å². The number of hydrogen-bond acceptors (Lipinski definition) is 2. The second kappa shape index (κ2) is 5.37. The lowest BCUT2D eigenvalue weighted by atomic mass is 9.87. The van der Waals surface area contributed by atoms with Gasteiger partial charge < -0.3 is 10.2 Å². The molecule has 1 aliphatic carbocycles. The minimum atomic E-state index is -0.0446. The second-order valence-corrected chi connectivity index (χ2v) is 5.37. The fraction of sp³-hybridized carbons (Fsp3) is 0.917. The standard InChI is InChI=1S/C12H22N2O.ClH/c1-10-9-14(8-7-13-10)11(15)12(2)5-3-4-6-12;/h10,13H,3-9H2,1-2H3;1H/t10-;/m1./s1. The molecule has 1 saturated heterocycles. The van der Waals surface area contributed by atoms with E-state index in [9.17, 15) is 4.79 Å². The molecule has 0 spiro atoms. The third-order valence-corrected chi connectivity index (χ3v) is 3.88. The van der Waals surface area contributed by atoms with E-state index in [0.717, 1.165) is 32.5 Å². The van der Waals surface area contributed by atoms with Crippen molar-refractivity contribution in [3.05, 3.63) is 0 Å². The average molecular weight is 247 g/mol. The first kappa shape index (κ1) is 13.8. The molecule has 94 valence electrons. The third kappa shape index (κ3) is 2.69. The van der Waals surface area contributed by atoms with Crippen molar-refractivity contribution >= 4 is 18.3 Å². The zero-order chi connectivity index (χ0) is 10.9. The average Bonchev–Trinajstić information content (AvgIpc) is 2.65. The number of halogens is 1. The highest BCUT2D eigenvalue weighted by Crippen LogP contribution is 2.39. The van der Waals surface area contributed by atoms with Crippen molar-refractivity contribution in [1.29, 1.82) is 0 Å². The van der Waals surface area contributed by atoms with Crippen molar-refractivity contribution in [2.45, 2.75) is 45.6 Å². The Morgan fingerprint density at radius 1 is 1.38 bits per heavy atom. The largest absolute Gasteiger partial charge is 0.339 e. The number of nitrogens with one attached hydrogen (secondary N) is 1. The number of rotatable bonds is 1. The van der Waals surface area contributed by atoms with Crippen molar-refractivity contribution < 1.29 is 4.79 Å². The maximum absolute atomic E-state index is 12.4. The van der Waals surface area contributed by atoms with Crippen LogP contribution in [-0.2, 0) is 4.79 Å². The van der Waals surface area contributed by atoms with Crippen LogP contribution in [0.2, 0.25) is 0 Å². The van der Waals surface area contributed by atoms with Gasteiger partial charge in [-0.05, 0) is 19.8 Å². The van der Waals surface area contributed by atoms with Gasteiger partial charge in [0.2, 0.25) is 5.91 Å². The Hall–Kier alpha value is -0.280. The highest BCUT2D eigenvalue weighted by atomic mass is 35.5. The van der Waals surface area contributed by atoms with Crippen LogP contribution in [0, 0.1) is 5.41 Å². The van der Waals surface area contributed by atoms with Gasteiger partial charge in [-0.3, -0.25) is 4.79 Å². The maximum Gasteiger partial charge on any atom is 0.228 e. The minimum absolute atomic E-state index is 0. The first-order chi connectivity index (χ1) is 7.12. The van der Waals surface area contributed by atoms with Crippen LogP contribution in [0.25, 0.3) is 0 Å². The van der Waals surface area contributed by atoms with E-state index in [2.05, 4.69) is 24.1 Å². The number of carbonyl (C=O) groups is 1. The van der Waals surface area contributed by atoms with Gasteiger partial charge in [0.1, 0.15) is 0 Å². The summed E-state index contributed by atoms with van der Waals surface area (Å²) in [7, 11) is 0. The monoisotopic (exact) mass is 246 g/mol. The molecule has 1 atom stereocenters. The molecule has 2 rings (SSSR count). The molecule has 0 aromatic carbocycles. The summed E-state index contributed by atoms with van der Waals surface area (Å²) in [5, 5.41) is 3.38. The molecule has 1 saturated carbocycles. The Morgan fingerprint density at radius 3 is 2.56 bits per heavy atom. The Bertz CT molecular complexity index is 251. The highest BCUT2D eigenvalue weighted by molar-refractivity contribution is 5.85. The molecule has 2 aliphatic rings. The van der Waals surface area contributed by atoms with Gasteiger partial charge in [-0.25, -0.2) is 0 Å². The van der Waals surface area contributed by atoms with E-state index >= 15 is 0 Å². The summed E-state index contributed by atoms with van der Waals surface area (Å²) in [5.41, 5.74) is -0.0446. The molecule has 1 heterocycles. The smallest absolute Gasteiger partial charge is 0.228 e. The number of carbonyl (C=O) groups excluding carboxylic acids is 1. The molecule has 1 N–H and O–H groups in total. The van der Waals surface area contributed by atoms with Crippen molar-refractivity contribution in [2.24, 2.45) is 5.41 Å². The SMILES string of the molecule is C[C@@H]1CN(C(=O)C2(C)CCCC2)CCN1.Cl. The molecular weight excluding hydrogens is 224 g/mol. The number of amides is 1. The zero-order valence-electron chi connectivity index (χ0n) is 10.3. The second-order valence-electron chi connectivity index (χ2n) is 5.37. The third-order valence-electron chi connectivity index (χ3n) is 3.88. The molecule has 1 amide bonds. The molecule has 0 aromatic rings. The summed E-state index contributed by atoms with van der Waals surface area (Å²) in [6, 6.07) is 0.452. The summed E-state index contributed by atoms with van der Waals surface area (Å²) >= 11 is 0. The Morgan fingerprint density at radius 2 is 2.00 bits per heavy atom. The molecule has 0 bridgehead atoms. The van der Waals surface area contributed by atoms with Gasteiger partial charge in [0.05, 0.1) is 0 Å². The van der Waals surface area contributed by atoms with E-state index in [1.807, 2.05) is 0 Å². The lowest BCUT2D eigenvalue weighted by Crippen LogP contribution is -2.54. The quantitative estimate of drug-likeness (QED) is 0.766. The summed E-state index contributed by atoms with van der Waals surface area (Å²) in [6.45, 7) is 7.02. The van der Waals surface area contributed by atoms with E-state index in [-0.39, 0.29) is 17.8 Å². The summed E-state index contributed by atoms with van der Waals surface area (Å²) in [6.07, 6.45) is 4.63. The van der Waals surface area contributed by atoms with Gasteiger partial charge in [0, 0.05) is 31.1 Å². The predicted octanol–water partition coefficient (Wildman–Crippen LogP) is 1.81. The van der Waals surface area contributed by atoms with Crippen LogP contribution >= 0.6 is 12.4 Å². The fourth-order valence-corrected chi connectivity index (χ4v) is 2.87. The lowest BCUT2D eigenvalue weighted by Gasteiger charge is -2.37. The molecule has 0 radical (unpaired) electrons. The minimum Gasteiger partial charge on any atom is -0.339 e. The lowest BCUT2D eigenvalue weighted by molar-refractivity contribution is -0.142. The molecule has 2 fully saturated rings. The van der Waals surface area contributed by atoms with Gasteiger partial charge in [-0.2, -0.15) is 0 Å². The molecule has 16 heavy (non-hydrogen) atoms. The molecule has 0 unspecified atom stereocenters. The highest BCUT2D eigenvalue weighted by Gasteiger charge is 2.39. The normalized spacial score (nSPS) is 28.6. The van der Waals surface area contributed by atoms with Gasteiger partial charge in [-0.1, -0.05) is 19.8 Å².